The zero-order chi connectivity index (χ0) is 23.1. The minimum absolute atomic E-state index is 0.0240. The van der Waals surface area contributed by atoms with Gasteiger partial charge in [-0.3, -0.25) is 4.79 Å². The molecule has 33 heavy (non-hydrogen) atoms. The van der Waals surface area contributed by atoms with Gasteiger partial charge >= 0.3 is 0 Å². The summed E-state index contributed by atoms with van der Waals surface area (Å²) in [5.41, 5.74) is 2.10. The predicted molar refractivity (Wildman–Crippen MR) is 125 cm³/mol. The van der Waals surface area contributed by atoms with E-state index in [0.717, 1.165) is 41.5 Å². The molecular formula is C24H25FN6O2. The molecule has 3 aromatic heterocycles. The molecule has 4 aromatic rings. The van der Waals surface area contributed by atoms with Gasteiger partial charge in [0, 0.05) is 37.0 Å². The molecule has 8 nitrogen and oxygen atoms in total. The number of furan rings is 1. The first-order valence-electron chi connectivity index (χ1n) is 11.0. The topological polar surface area (TPSA) is 96.2 Å². The molecule has 1 aliphatic rings. The summed E-state index contributed by atoms with van der Waals surface area (Å²) in [5.74, 6) is 1.72. The van der Waals surface area contributed by atoms with Crippen molar-refractivity contribution in [2.45, 2.75) is 39.3 Å². The highest BCUT2D eigenvalue weighted by molar-refractivity contribution is 5.91. The van der Waals surface area contributed by atoms with E-state index in [2.05, 4.69) is 30.5 Å². The Morgan fingerprint density at radius 2 is 2.15 bits per heavy atom. The second kappa shape index (κ2) is 8.31. The Bertz CT molecular complexity index is 1350. The van der Waals surface area contributed by atoms with Crippen LogP contribution in [-0.4, -0.2) is 40.0 Å². The second-order valence-corrected chi connectivity index (χ2v) is 8.48. The number of carbonyl (C=O) groups excluding carboxylic acids is 1. The van der Waals surface area contributed by atoms with Crippen molar-refractivity contribution in [2.75, 3.05) is 23.3 Å². The van der Waals surface area contributed by atoms with Crippen molar-refractivity contribution in [1.29, 1.82) is 0 Å². The first-order chi connectivity index (χ1) is 15.9. The number of nitrogens with zero attached hydrogens (tertiary/aromatic N) is 4. The van der Waals surface area contributed by atoms with Crippen LogP contribution in [0.5, 0.6) is 0 Å². The number of rotatable bonds is 5. The van der Waals surface area contributed by atoms with Gasteiger partial charge in [-0.25, -0.2) is 19.3 Å². The quantitative estimate of drug-likeness (QED) is 0.474. The number of aryl methyl sites for hydroxylation is 1. The van der Waals surface area contributed by atoms with Crippen molar-refractivity contribution < 1.29 is 13.6 Å². The zero-order valence-corrected chi connectivity index (χ0v) is 18.7. The summed E-state index contributed by atoms with van der Waals surface area (Å²) in [4.78, 5) is 27.3. The Morgan fingerprint density at radius 3 is 2.97 bits per heavy atom. The number of pyridine rings is 1. The normalized spacial score (nSPS) is 17.0. The van der Waals surface area contributed by atoms with Crippen LogP contribution in [-0.2, 0) is 4.79 Å². The van der Waals surface area contributed by atoms with Crippen LogP contribution in [0.1, 0.15) is 37.7 Å². The van der Waals surface area contributed by atoms with Crippen molar-refractivity contribution in [3.05, 3.63) is 53.9 Å². The van der Waals surface area contributed by atoms with E-state index in [1.807, 2.05) is 32.0 Å². The second-order valence-electron chi connectivity index (χ2n) is 8.48. The van der Waals surface area contributed by atoms with Crippen LogP contribution >= 0.6 is 0 Å². The molecule has 5 rings (SSSR count). The summed E-state index contributed by atoms with van der Waals surface area (Å²) < 4.78 is 19.5. The van der Waals surface area contributed by atoms with E-state index in [0.29, 0.717) is 29.2 Å². The number of hydrogen-bond acceptors (Lipinski definition) is 7. The Balaban J connectivity index is 1.47. The molecular weight excluding hydrogens is 423 g/mol. The van der Waals surface area contributed by atoms with Gasteiger partial charge in [0.1, 0.15) is 29.3 Å². The number of fused-ring (bicyclic) bond motifs is 2. The van der Waals surface area contributed by atoms with Gasteiger partial charge in [0.15, 0.2) is 5.82 Å². The summed E-state index contributed by atoms with van der Waals surface area (Å²) in [6.45, 7) is 6.87. The lowest BCUT2D eigenvalue weighted by atomic mass is 10.1. The molecule has 170 valence electrons. The average molecular weight is 449 g/mol. The van der Waals surface area contributed by atoms with Crippen LogP contribution in [0.25, 0.3) is 21.9 Å². The third kappa shape index (κ3) is 4.06. The first kappa shape index (κ1) is 21.1. The van der Waals surface area contributed by atoms with Gasteiger partial charge in [-0.1, -0.05) is 12.1 Å². The van der Waals surface area contributed by atoms with Gasteiger partial charge in [-0.2, -0.15) is 0 Å². The largest absolute Gasteiger partial charge is 0.461 e. The van der Waals surface area contributed by atoms with Crippen molar-refractivity contribution in [3.63, 3.8) is 0 Å². The SMILES string of the molecule is CC(=O)N[C@@H]1CCN(c2cc3c(NC(C)c4cccc5c(F)coc45)nc(C)nc3cn2)C1. The number of halogens is 1. The van der Waals surface area contributed by atoms with E-state index in [4.69, 9.17) is 4.42 Å². The van der Waals surface area contributed by atoms with Crippen LogP contribution < -0.4 is 15.5 Å². The van der Waals surface area contributed by atoms with E-state index >= 15 is 0 Å². The van der Waals surface area contributed by atoms with Gasteiger partial charge < -0.3 is 20.0 Å². The number of aromatic nitrogens is 3. The molecule has 1 aromatic carbocycles. The summed E-state index contributed by atoms with van der Waals surface area (Å²) in [6.07, 6.45) is 3.76. The Morgan fingerprint density at radius 1 is 1.30 bits per heavy atom. The molecule has 1 unspecified atom stereocenters. The molecule has 0 spiro atoms. The number of amides is 1. The van der Waals surface area contributed by atoms with Crippen molar-refractivity contribution in [1.82, 2.24) is 20.3 Å². The molecule has 1 fully saturated rings. The third-order valence-corrected chi connectivity index (χ3v) is 6.00. The fourth-order valence-electron chi connectivity index (χ4n) is 4.47. The van der Waals surface area contributed by atoms with Gasteiger partial charge in [0.2, 0.25) is 5.91 Å². The molecule has 0 radical (unpaired) electrons. The Hall–Kier alpha value is -3.75. The number of hydrogen-bond donors (Lipinski definition) is 2. The molecule has 4 heterocycles. The molecule has 0 aliphatic carbocycles. The van der Waals surface area contributed by atoms with E-state index < -0.39 is 0 Å². The van der Waals surface area contributed by atoms with Crippen LogP contribution in [0.3, 0.4) is 0 Å². The number of anilines is 2. The number of carbonyl (C=O) groups is 1. The van der Waals surface area contributed by atoms with Crippen molar-refractivity contribution >= 4 is 39.4 Å². The van der Waals surface area contributed by atoms with E-state index in [1.54, 1.807) is 12.3 Å². The van der Waals surface area contributed by atoms with E-state index in [9.17, 15) is 9.18 Å². The summed E-state index contributed by atoms with van der Waals surface area (Å²) in [6, 6.07) is 7.34. The molecule has 1 saturated heterocycles. The maximum Gasteiger partial charge on any atom is 0.217 e. The van der Waals surface area contributed by atoms with Crippen LogP contribution in [0.2, 0.25) is 0 Å². The number of para-hydroxylation sites is 1. The third-order valence-electron chi connectivity index (χ3n) is 6.00. The number of benzene rings is 1. The fourth-order valence-corrected chi connectivity index (χ4v) is 4.47. The summed E-state index contributed by atoms with van der Waals surface area (Å²) in [7, 11) is 0. The van der Waals surface area contributed by atoms with E-state index in [-0.39, 0.29) is 23.8 Å². The van der Waals surface area contributed by atoms with Gasteiger partial charge in [0.25, 0.3) is 0 Å². The van der Waals surface area contributed by atoms with Gasteiger partial charge in [-0.15, -0.1) is 0 Å². The lowest BCUT2D eigenvalue weighted by Crippen LogP contribution is -2.35. The van der Waals surface area contributed by atoms with Crippen molar-refractivity contribution in [3.8, 4) is 0 Å². The molecule has 0 saturated carbocycles. The maximum atomic E-state index is 14.0. The Kier molecular flexibility index (Phi) is 5.32. The molecule has 2 N–H and O–H groups in total. The standard InChI is InChI=1S/C24H25FN6O2/c1-13(17-5-4-6-18-20(25)12-33-23(17)18)27-24-19-9-22(26-10-21(19)28-14(2)29-24)31-8-7-16(11-31)30-15(3)32/h4-6,9-10,12-13,16H,7-8,11H2,1-3H3,(H,30,32)(H,27,28,29)/t13?,16-/m1/s1. The zero-order valence-electron chi connectivity index (χ0n) is 18.7. The minimum Gasteiger partial charge on any atom is -0.461 e. The smallest absolute Gasteiger partial charge is 0.217 e. The molecule has 9 heteroatoms. The highest BCUT2D eigenvalue weighted by atomic mass is 19.1. The van der Waals surface area contributed by atoms with Gasteiger partial charge in [0.05, 0.1) is 23.1 Å². The molecule has 2 atom stereocenters. The summed E-state index contributed by atoms with van der Waals surface area (Å²) in [5, 5.41) is 7.74. The van der Waals surface area contributed by atoms with Gasteiger partial charge in [-0.05, 0) is 32.4 Å². The highest BCUT2D eigenvalue weighted by Crippen LogP contribution is 2.32. The Labute approximate surface area is 190 Å². The lowest BCUT2D eigenvalue weighted by Gasteiger charge is -2.20. The lowest BCUT2D eigenvalue weighted by molar-refractivity contribution is -0.119. The molecule has 1 amide bonds. The van der Waals surface area contributed by atoms with Crippen LogP contribution in [0.4, 0.5) is 16.0 Å². The minimum atomic E-state index is -0.374. The first-order valence-corrected chi connectivity index (χ1v) is 11.0. The van der Waals surface area contributed by atoms with E-state index in [1.165, 1.54) is 6.92 Å². The monoisotopic (exact) mass is 448 g/mol. The average Bonchev–Trinajstić information content (AvgIpc) is 3.39. The fraction of sp³-hybridized carbons (Fsp3) is 0.333. The highest BCUT2D eigenvalue weighted by Gasteiger charge is 2.25. The van der Waals surface area contributed by atoms with Crippen LogP contribution in [0, 0.1) is 12.7 Å². The summed E-state index contributed by atoms with van der Waals surface area (Å²) >= 11 is 0. The molecule has 1 aliphatic heterocycles. The van der Waals surface area contributed by atoms with Crippen molar-refractivity contribution in [2.24, 2.45) is 0 Å². The predicted octanol–water partition coefficient (Wildman–Crippen LogP) is 4.11. The number of nitrogens with one attached hydrogen (secondary N) is 2. The van der Waals surface area contributed by atoms with Crippen LogP contribution in [0.15, 0.2) is 41.1 Å². The molecule has 0 bridgehead atoms. The maximum absolute atomic E-state index is 14.0.